The van der Waals surface area contributed by atoms with Gasteiger partial charge in [0.2, 0.25) is 0 Å². The van der Waals surface area contributed by atoms with Gasteiger partial charge in [0.05, 0.1) is 0 Å². The fourth-order valence-corrected chi connectivity index (χ4v) is 0.802. The van der Waals surface area contributed by atoms with Crippen molar-refractivity contribution in [2.24, 2.45) is 5.73 Å². The summed E-state index contributed by atoms with van der Waals surface area (Å²) >= 11 is 0. The lowest BCUT2D eigenvalue weighted by Crippen LogP contribution is -1.78. The fraction of sp³-hybridized carbons (Fsp3) is 0.800. The van der Waals surface area contributed by atoms with Gasteiger partial charge in [-0.05, 0) is 26.3 Å². The predicted molar refractivity (Wildman–Crippen MR) is 53.7 cm³/mol. The average Bonchev–Trinajstić information content (AvgIpc) is 2.08. The molecule has 11 heavy (non-hydrogen) atoms. The second kappa shape index (κ2) is 12.4. The van der Waals surface area contributed by atoms with Gasteiger partial charge in [-0.15, -0.1) is 0 Å². The highest BCUT2D eigenvalue weighted by molar-refractivity contribution is 4.91. The van der Waals surface area contributed by atoms with Crippen LogP contribution in [0.5, 0.6) is 0 Å². The molecule has 0 aliphatic heterocycles. The molecule has 1 heteroatoms. The quantitative estimate of drug-likeness (QED) is 0.481. The minimum absolute atomic E-state index is 1.16. The first-order chi connectivity index (χ1) is 5.31. The highest BCUT2D eigenvalue weighted by atomic mass is 14.4. The molecule has 68 valence electrons. The summed E-state index contributed by atoms with van der Waals surface area (Å²) in [4.78, 5) is 0. The Morgan fingerprint density at radius 3 is 2.09 bits per heavy atom. The zero-order valence-electron chi connectivity index (χ0n) is 8.32. The highest BCUT2D eigenvalue weighted by Crippen LogP contribution is 2.08. The number of allylic oxidation sites excluding steroid dienone is 1. The van der Waals surface area contributed by atoms with E-state index < -0.39 is 0 Å². The summed E-state index contributed by atoms with van der Waals surface area (Å²) in [5, 5.41) is 0. The van der Waals surface area contributed by atoms with Crippen molar-refractivity contribution in [3.63, 3.8) is 0 Å². The fourth-order valence-electron chi connectivity index (χ4n) is 0.802. The first kappa shape index (κ1) is 13.3. The van der Waals surface area contributed by atoms with E-state index in [9.17, 15) is 0 Å². The molecule has 0 radical (unpaired) electrons. The molecule has 0 aromatic heterocycles. The van der Waals surface area contributed by atoms with Gasteiger partial charge in [-0.1, -0.05) is 38.8 Å². The molecule has 0 spiro atoms. The van der Waals surface area contributed by atoms with Gasteiger partial charge >= 0.3 is 0 Å². The summed E-state index contributed by atoms with van der Waals surface area (Å²) in [6.45, 7) is 8.35. The second-order valence-electron chi connectivity index (χ2n) is 2.56. The van der Waals surface area contributed by atoms with Gasteiger partial charge in [0.1, 0.15) is 0 Å². The van der Waals surface area contributed by atoms with Crippen LogP contribution >= 0.6 is 0 Å². The molecular weight excluding hydrogens is 134 g/mol. The molecule has 0 unspecified atom stereocenters. The summed E-state index contributed by atoms with van der Waals surface area (Å²) in [5.41, 5.74) is 5.91. The van der Waals surface area contributed by atoms with Crippen LogP contribution in [-0.2, 0) is 0 Å². The monoisotopic (exact) mass is 157 g/mol. The topological polar surface area (TPSA) is 26.0 Å². The predicted octanol–water partition coefficient (Wildman–Crippen LogP) is 3.11. The molecule has 0 aromatic carbocycles. The number of hydrogen-bond acceptors (Lipinski definition) is 1. The molecule has 0 atom stereocenters. The lowest BCUT2D eigenvalue weighted by atomic mass is 10.1. The molecular formula is C10H23N. The van der Waals surface area contributed by atoms with Crippen molar-refractivity contribution in [1.82, 2.24) is 0 Å². The Kier molecular flexibility index (Phi) is 15.0. The third kappa shape index (κ3) is 12.8. The maximum Gasteiger partial charge on any atom is -0.0195 e. The largest absolute Gasteiger partial charge is 0.333 e. The number of unbranched alkanes of at least 4 members (excludes halogenated alkanes) is 2. The first-order valence-corrected chi connectivity index (χ1v) is 4.55. The second-order valence-corrected chi connectivity index (χ2v) is 2.56. The van der Waals surface area contributed by atoms with E-state index in [1.54, 1.807) is 0 Å². The summed E-state index contributed by atoms with van der Waals surface area (Å²) in [7, 11) is 1.50. The van der Waals surface area contributed by atoms with E-state index in [4.69, 9.17) is 0 Å². The minimum Gasteiger partial charge on any atom is -0.333 e. The van der Waals surface area contributed by atoms with Gasteiger partial charge in [0, 0.05) is 0 Å². The molecule has 2 N–H and O–H groups in total. The minimum atomic E-state index is 1.16. The Hall–Kier alpha value is -0.300. The van der Waals surface area contributed by atoms with Crippen molar-refractivity contribution in [3.05, 3.63) is 12.2 Å². The van der Waals surface area contributed by atoms with Crippen molar-refractivity contribution < 1.29 is 0 Å². The average molecular weight is 157 g/mol. The SMILES string of the molecule is C=C(CC)CCCCC.CN. The van der Waals surface area contributed by atoms with E-state index in [-0.39, 0.29) is 0 Å². The van der Waals surface area contributed by atoms with Gasteiger partial charge in [-0.25, -0.2) is 0 Å². The molecule has 0 aliphatic rings. The molecule has 0 heterocycles. The zero-order chi connectivity index (χ0) is 9.11. The van der Waals surface area contributed by atoms with Gasteiger partial charge < -0.3 is 5.73 Å². The van der Waals surface area contributed by atoms with Gasteiger partial charge in [-0.3, -0.25) is 0 Å². The third-order valence-electron chi connectivity index (χ3n) is 1.63. The molecule has 0 fully saturated rings. The van der Waals surface area contributed by atoms with Gasteiger partial charge in [0.25, 0.3) is 0 Å². The van der Waals surface area contributed by atoms with Crippen LogP contribution in [0.2, 0.25) is 0 Å². The van der Waals surface area contributed by atoms with Crippen molar-refractivity contribution in [2.75, 3.05) is 7.05 Å². The van der Waals surface area contributed by atoms with E-state index in [0.29, 0.717) is 0 Å². The zero-order valence-corrected chi connectivity index (χ0v) is 8.32. The van der Waals surface area contributed by atoms with Crippen LogP contribution < -0.4 is 5.73 Å². The standard InChI is InChI=1S/C9H18.CH5N/c1-4-6-7-8-9(3)5-2;1-2/h3-8H2,1-2H3;2H2,1H3. The Morgan fingerprint density at radius 1 is 1.18 bits per heavy atom. The smallest absolute Gasteiger partial charge is 0.0195 e. The molecule has 0 aliphatic carbocycles. The van der Waals surface area contributed by atoms with Crippen LogP contribution in [-0.4, -0.2) is 7.05 Å². The van der Waals surface area contributed by atoms with Gasteiger partial charge in [-0.2, -0.15) is 0 Å². The van der Waals surface area contributed by atoms with E-state index in [1.165, 1.54) is 38.3 Å². The highest BCUT2D eigenvalue weighted by Gasteiger charge is 1.88. The Balaban J connectivity index is 0. The van der Waals surface area contributed by atoms with E-state index in [2.05, 4.69) is 26.2 Å². The lowest BCUT2D eigenvalue weighted by molar-refractivity contribution is 0.703. The molecule has 0 amide bonds. The Morgan fingerprint density at radius 2 is 1.73 bits per heavy atom. The number of nitrogens with two attached hydrogens (primary N) is 1. The Labute approximate surface area is 71.7 Å². The van der Waals surface area contributed by atoms with Crippen LogP contribution in [0.3, 0.4) is 0 Å². The maximum atomic E-state index is 4.50. The third-order valence-corrected chi connectivity index (χ3v) is 1.63. The molecule has 0 bridgehead atoms. The first-order valence-electron chi connectivity index (χ1n) is 4.55. The number of rotatable bonds is 5. The van der Waals surface area contributed by atoms with Crippen LogP contribution in [0.1, 0.15) is 46.0 Å². The molecule has 0 rings (SSSR count). The molecule has 0 aromatic rings. The van der Waals surface area contributed by atoms with Crippen molar-refractivity contribution in [1.29, 1.82) is 0 Å². The van der Waals surface area contributed by atoms with Crippen LogP contribution in [0.15, 0.2) is 12.2 Å². The van der Waals surface area contributed by atoms with E-state index in [0.717, 1.165) is 6.42 Å². The molecule has 0 saturated heterocycles. The molecule has 0 saturated carbocycles. The number of hydrogen-bond donors (Lipinski definition) is 1. The lowest BCUT2D eigenvalue weighted by Gasteiger charge is -1.98. The van der Waals surface area contributed by atoms with E-state index in [1.807, 2.05) is 0 Å². The maximum absolute atomic E-state index is 4.50. The van der Waals surface area contributed by atoms with Crippen LogP contribution in [0.25, 0.3) is 0 Å². The van der Waals surface area contributed by atoms with Crippen LogP contribution in [0.4, 0.5) is 0 Å². The van der Waals surface area contributed by atoms with Crippen molar-refractivity contribution >= 4 is 0 Å². The van der Waals surface area contributed by atoms with Gasteiger partial charge in [0.15, 0.2) is 0 Å². The summed E-state index contributed by atoms with van der Waals surface area (Å²) in [5.74, 6) is 0. The van der Waals surface area contributed by atoms with Crippen molar-refractivity contribution in [3.8, 4) is 0 Å². The summed E-state index contributed by atoms with van der Waals surface area (Å²) in [6, 6.07) is 0. The normalized spacial score (nSPS) is 8.36. The Bertz CT molecular complexity index is 76.9. The van der Waals surface area contributed by atoms with E-state index >= 15 is 0 Å². The summed E-state index contributed by atoms with van der Waals surface area (Å²) in [6.07, 6.45) is 6.41. The molecule has 1 nitrogen and oxygen atoms in total. The van der Waals surface area contributed by atoms with Crippen LogP contribution in [0, 0.1) is 0 Å². The summed E-state index contributed by atoms with van der Waals surface area (Å²) < 4.78 is 0. The van der Waals surface area contributed by atoms with Crippen molar-refractivity contribution in [2.45, 2.75) is 46.0 Å².